The monoisotopic (exact) mass is 418 g/mol. The Morgan fingerprint density at radius 1 is 1.31 bits per heavy atom. The molecule has 9 heteroatoms. The van der Waals surface area contributed by atoms with E-state index < -0.39 is 22.7 Å². The lowest BCUT2D eigenvalue weighted by atomic mass is 9.65. The fourth-order valence-corrected chi connectivity index (χ4v) is 4.45. The highest BCUT2D eigenvalue weighted by molar-refractivity contribution is 6.31. The van der Waals surface area contributed by atoms with Crippen LogP contribution in [0.1, 0.15) is 41.6 Å². The van der Waals surface area contributed by atoms with Gasteiger partial charge in [-0.05, 0) is 19.1 Å². The lowest BCUT2D eigenvalue weighted by molar-refractivity contribution is -0.122. The Labute approximate surface area is 169 Å². The van der Waals surface area contributed by atoms with Crippen LogP contribution in [0, 0.1) is 6.92 Å². The molecule has 6 nitrogen and oxygen atoms in total. The van der Waals surface area contributed by atoms with Crippen molar-refractivity contribution in [3.8, 4) is 11.3 Å². The molecule has 1 saturated carbocycles. The number of pyridine rings is 3. The van der Waals surface area contributed by atoms with Crippen molar-refractivity contribution in [1.82, 2.24) is 15.0 Å². The summed E-state index contributed by atoms with van der Waals surface area (Å²) < 4.78 is 26.9. The summed E-state index contributed by atoms with van der Waals surface area (Å²) in [6, 6.07) is 4.49. The summed E-state index contributed by atoms with van der Waals surface area (Å²) in [6.45, 7) is 3.44. The van der Waals surface area contributed by atoms with Crippen molar-refractivity contribution in [1.29, 1.82) is 0 Å². The van der Waals surface area contributed by atoms with Gasteiger partial charge in [0.15, 0.2) is 5.43 Å². The maximum absolute atomic E-state index is 13.4. The normalized spacial score (nSPS) is 17.1. The number of aromatic amines is 1. The fraction of sp³-hybridized carbons (Fsp3) is 0.300. The van der Waals surface area contributed by atoms with Gasteiger partial charge in [0.1, 0.15) is 5.69 Å². The molecule has 3 N–H and O–H groups in total. The molecule has 3 aromatic heterocycles. The van der Waals surface area contributed by atoms with Crippen molar-refractivity contribution in [2.24, 2.45) is 5.73 Å². The van der Waals surface area contributed by atoms with E-state index in [2.05, 4.69) is 15.0 Å². The molecule has 1 aliphatic carbocycles. The van der Waals surface area contributed by atoms with Gasteiger partial charge in [-0.3, -0.25) is 19.6 Å². The molecule has 3 heterocycles. The van der Waals surface area contributed by atoms with Crippen LogP contribution < -0.4 is 11.2 Å². The molecular weight excluding hydrogens is 402 g/mol. The molecule has 3 aromatic rings. The third-order valence-electron chi connectivity index (χ3n) is 5.30. The highest BCUT2D eigenvalue weighted by Crippen LogP contribution is 2.54. The molecule has 0 aliphatic heterocycles. The highest BCUT2D eigenvalue weighted by atomic mass is 35.5. The van der Waals surface area contributed by atoms with Crippen molar-refractivity contribution >= 4 is 28.4 Å². The van der Waals surface area contributed by atoms with Crippen molar-refractivity contribution < 1.29 is 13.6 Å². The van der Waals surface area contributed by atoms with Crippen LogP contribution in [-0.4, -0.2) is 26.8 Å². The third-order valence-corrected chi connectivity index (χ3v) is 5.59. The summed E-state index contributed by atoms with van der Waals surface area (Å²) in [6.07, 6.45) is 0.767. The van der Waals surface area contributed by atoms with Gasteiger partial charge >= 0.3 is 0 Å². The smallest absolute Gasteiger partial charge is 0.268 e. The summed E-state index contributed by atoms with van der Waals surface area (Å²) in [5, 5.41) is 0.360. The number of carbonyl (C=O) groups excluding carboxylic acids is 1. The molecule has 4 rings (SSSR count). The minimum Gasteiger partial charge on any atom is -0.364 e. The van der Waals surface area contributed by atoms with Gasteiger partial charge in [0.25, 0.3) is 5.91 Å². The van der Waals surface area contributed by atoms with E-state index in [9.17, 15) is 18.4 Å². The van der Waals surface area contributed by atoms with E-state index >= 15 is 0 Å². The standard InChI is InChI=1S/C20H17ClF2N4O2/c1-9-10(5-11(21)17(26-9)19(2)7-20(22,23)8-19)13-6-14(28)15-12(27-13)3-4-25-16(15)18(24)29/h3-6H,7-8H2,1-2H3,(H2,24,29)(H,27,28). The second-order valence-electron chi connectivity index (χ2n) is 7.72. The van der Waals surface area contributed by atoms with E-state index in [1.165, 1.54) is 12.3 Å². The van der Waals surface area contributed by atoms with E-state index in [0.29, 0.717) is 28.2 Å². The second kappa shape index (κ2) is 6.32. The Morgan fingerprint density at radius 2 is 2.00 bits per heavy atom. The van der Waals surface area contributed by atoms with Crippen LogP contribution in [0.4, 0.5) is 8.78 Å². The van der Waals surface area contributed by atoms with Gasteiger partial charge in [-0.25, -0.2) is 8.78 Å². The molecule has 0 spiro atoms. The number of primary amides is 1. The van der Waals surface area contributed by atoms with Gasteiger partial charge in [0.2, 0.25) is 5.92 Å². The summed E-state index contributed by atoms with van der Waals surface area (Å²) >= 11 is 6.40. The summed E-state index contributed by atoms with van der Waals surface area (Å²) in [5.74, 6) is -3.51. The van der Waals surface area contributed by atoms with E-state index in [0.717, 1.165) is 0 Å². The Balaban J connectivity index is 1.84. The first kappa shape index (κ1) is 19.4. The first-order valence-corrected chi connectivity index (χ1v) is 9.26. The van der Waals surface area contributed by atoms with E-state index in [1.807, 2.05) is 0 Å². The average molecular weight is 419 g/mol. The maximum atomic E-state index is 13.4. The number of H-pyrrole nitrogens is 1. The number of hydrogen-bond donors (Lipinski definition) is 2. The third kappa shape index (κ3) is 3.17. The van der Waals surface area contributed by atoms with Crippen LogP contribution in [-0.2, 0) is 5.41 Å². The summed E-state index contributed by atoms with van der Waals surface area (Å²) in [7, 11) is 0. The molecule has 0 aromatic carbocycles. The van der Waals surface area contributed by atoms with Crippen molar-refractivity contribution in [3.63, 3.8) is 0 Å². The number of amides is 1. The van der Waals surface area contributed by atoms with Crippen LogP contribution in [0.2, 0.25) is 5.02 Å². The molecule has 1 aliphatic rings. The van der Waals surface area contributed by atoms with Gasteiger partial charge in [0, 0.05) is 41.8 Å². The van der Waals surface area contributed by atoms with Gasteiger partial charge in [0.05, 0.1) is 27.3 Å². The van der Waals surface area contributed by atoms with Crippen LogP contribution in [0.5, 0.6) is 0 Å². The highest BCUT2D eigenvalue weighted by Gasteiger charge is 2.56. The number of halogens is 3. The van der Waals surface area contributed by atoms with Gasteiger partial charge in [-0.2, -0.15) is 0 Å². The lowest BCUT2D eigenvalue weighted by Gasteiger charge is -2.44. The number of nitrogens with two attached hydrogens (primary N) is 1. The fourth-order valence-electron chi connectivity index (χ4n) is 4.07. The average Bonchev–Trinajstić information content (AvgIpc) is 2.60. The quantitative estimate of drug-likeness (QED) is 0.676. The number of rotatable bonds is 3. The van der Waals surface area contributed by atoms with Crippen molar-refractivity contribution in [2.45, 2.75) is 38.0 Å². The van der Waals surface area contributed by atoms with Gasteiger partial charge in [-0.15, -0.1) is 0 Å². The number of aromatic nitrogens is 3. The zero-order valence-corrected chi connectivity index (χ0v) is 16.4. The minimum absolute atomic E-state index is 0.0984. The van der Waals surface area contributed by atoms with Gasteiger partial charge < -0.3 is 10.7 Å². The minimum atomic E-state index is -2.71. The number of fused-ring (bicyclic) bond motifs is 1. The number of nitrogens with one attached hydrogen (secondary N) is 1. The van der Waals surface area contributed by atoms with Crippen LogP contribution in [0.15, 0.2) is 29.2 Å². The Morgan fingerprint density at radius 3 is 2.62 bits per heavy atom. The Kier molecular flexibility index (Phi) is 4.24. The molecule has 0 unspecified atom stereocenters. The van der Waals surface area contributed by atoms with Crippen molar-refractivity contribution in [3.05, 3.63) is 56.7 Å². The van der Waals surface area contributed by atoms with E-state index in [1.54, 1.807) is 26.0 Å². The Bertz CT molecular complexity index is 1230. The lowest BCUT2D eigenvalue weighted by Crippen LogP contribution is -2.47. The van der Waals surface area contributed by atoms with Crippen LogP contribution >= 0.6 is 11.6 Å². The number of carbonyl (C=O) groups is 1. The molecule has 0 saturated heterocycles. The predicted molar refractivity (Wildman–Crippen MR) is 105 cm³/mol. The zero-order valence-electron chi connectivity index (χ0n) is 15.6. The van der Waals surface area contributed by atoms with Gasteiger partial charge in [-0.1, -0.05) is 18.5 Å². The molecule has 1 fully saturated rings. The molecule has 0 atom stereocenters. The zero-order chi connectivity index (χ0) is 21.1. The molecule has 1 amide bonds. The largest absolute Gasteiger partial charge is 0.364 e. The first-order chi connectivity index (χ1) is 13.5. The first-order valence-electron chi connectivity index (χ1n) is 8.88. The topological polar surface area (TPSA) is 102 Å². The van der Waals surface area contributed by atoms with Crippen LogP contribution in [0.3, 0.4) is 0 Å². The van der Waals surface area contributed by atoms with Crippen molar-refractivity contribution in [2.75, 3.05) is 0 Å². The number of aryl methyl sites for hydroxylation is 1. The molecule has 29 heavy (non-hydrogen) atoms. The molecule has 150 valence electrons. The summed E-state index contributed by atoms with van der Waals surface area (Å²) in [5.41, 5.74) is 6.32. The number of hydrogen-bond acceptors (Lipinski definition) is 4. The molecule has 0 bridgehead atoms. The maximum Gasteiger partial charge on any atom is 0.268 e. The summed E-state index contributed by atoms with van der Waals surface area (Å²) in [4.78, 5) is 35.6. The number of alkyl halides is 2. The second-order valence-corrected chi connectivity index (χ2v) is 8.12. The van der Waals surface area contributed by atoms with E-state index in [-0.39, 0.29) is 28.9 Å². The Hall–Kier alpha value is -2.87. The predicted octanol–water partition coefficient (Wildman–Crippen LogP) is 3.73. The number of nitrogens with zero attached hydrogens (tertiary/aromatic N) is 2. The van der Waals surface area contributed by atoms with E-state index in [4.69, 9.17) is 17.3 Å². The SMILES string of the molecule is Cc1nc(C2(C)CC(F)(F)C2)c(Cl)cc1-c1cc(=O)c2c(C(N)=O)nccc2[nH]1. The molecule has 0 radical (unpaired) electrons. The molecular formula is C20H17ClF2N4O2. The van der Waals surface area contributed by atoms with Crippen LogP contribution in [0.25, 0.3) is 22.2 Å².